The molecule has 0 radical (unpaired) electrons. The van der Waals surface area contributed by atoms with Gasteiger partial charge >= 0.3 is 6.09 Å². The van der Waals surface area contributed by atoms with Crippen molar-refractivity contribution in [2.24, 2.45) is 0 Å². The van der Waals surface area contributed by atoms with E-state index in [0.29, 0.717) is 29.3 Å². The summed E-state index contributed by atoms with van der Waals surface area (Å²) in [6, 6.07) is 12.0. The third-order valence-corrected chi connectivity index (χ3v) is 3.58. The molecule has 7 nitrogen and oxygen atoms in total. The molecule has 2 aromatic rings. The second kappa shape index (κ2) is 9.31. The van der Waals surface area contributed by atoms with Crippen molar-refractivity contribution in [1.82, 2.24) is 5.32 Å². The highest BCUT2D eigenvalue weighted by molar-refractivity contribution is 5.96. The first-order chi connectivity index (χ1) is 12.6. The molecule has 0 fully saturated rings. The fourth-order valence-corrected chi connectivity index (χ4v) is 2.30. The van der Waals surface area contributed by atoms with Crippen LogP contribution >= 0.6 is 0 Å². The number of hydrogen-bond donors (Lipinski definition) is 2. The fraction of sp³-hybridized carbons (Fsp3) is 0.263. The Bertz CT molecular complexity index is 776. The van der Waals surface area contributed by atoms with Crippen LogP contribution in [0, 0.1) is 0 Å². The van der Waals surface area contributed by atoms with Crippen molar-refractivity contribution in [3.05, 3.63) is 53.6 Å². The maximum Gasteiger partial charge on any atom is 0.411 e. The maximum atomic E-state index is 12.4. The number of carbonyl (C=O) groups excluding carboxylic acids is 2. The topological polar surface area (TPSA) is 85.9 Å². The number of anilines is 1. The summed E-state index contributed by atoms with van der Waals surface area (Å²) in [6.45, 7) is 2.29. The Morgan fingerprint density at radius 3 is 2.54 bits per heavy atom. The van der Waals surface area contributed by atoms with Gasteiger partial charge in [-0.1, -0.05) is 6.07 Å². The quantitative estimate of drug-likeness (QED) is 0.794. The first kappa shape index (κ1) is 19.1. The minimum atomic E-state index is -0.562. The van der Waals surface area contributed by atoms with E-state index >= 15 is 0 Å². The minimum Gasteiger partial charge on any atom is -0.497 e. The predicted molar refractivity (Wildman–Crippen MR) is 97.8 cm³/mol. The van der Waals surface area contributed by atoms with Crippen LogP contribution in [-0.4, -0.2) is 32.8 Å². The van der Waals surface area contributed by atoms with Gasteiger partial charge in [0, 0.05) is 29.4 Å². The highest BCUT2D eigenvalue weighted by Crippen LogP contribution is 2.24. The lowest BCUT2D eigenvalue weighted by Gasteiger charge is -2.12. The average Bonchev–Trinajstić information content (AvgIpc) is 2.66. The zero-order chi connectivity index (χ0) is 18.9. The Morgan fingerprint density at radius 2 is 1.85 bits per heavy atom. The van der Waals surface area contributed by atoms with Crippen molar-refractivity contribution < 1.29 is 23.8 Å². The third kappa shape index (κ3) is 5.14. The maximum absolute atomic E-state index is 12.4. The summed E-state index contributed by atoms with van der Waals surface area (Å²) in [5, 5.41) is 5.40. The molecule has 0 heterocycles. The molecular weight excluding hydrogens is 336 g/mol. The Kier molecular flexibility index (Phi) is 6.84. The van der Waals surface area contributed by atoms with E-state index in [9.17, 15) is 9.59 Å². The predicted octanol–water partition coefficient (Wildman–Crippen LogP) is 3.20. The van der Waals surface area contributed by atoms with Gasteiger partial charge in [-0.3, -0.25) is 10.1 Å². The van der Waals surface area contributed by atoms with Crippen LogP contribution < -0.4 is 20.1 Å². The highest BCUT2D eigenvalue weighted by atomic mass is 16.5. The SMILES string of the molecule is CCOC(=O)Nc1cccc(C(=O)NCc2ccc(OC)cc2OC)c1. The molecule has 2 aromatic carbocycles. The number of amides is 2. The van der Waals surface area contributed by atoms with E-state index < -0.39 is 6.09 Å². The molecule has 0 aromatic heterocycles. The molecule has 0 spiro atoms. The van der Waals surface area contributed by atoms with Crippen molar-refractivity contribution >= 4 is 17.7 Å². The summed E-state index contributed by atoms with van der Waals surface area (Å²) >= 11 is 0. The molecular formula is C19H22N2O5. The van der Waals surface area contributed by atoms with Gasteiger partial charge in [-0.05, 0) is 37.3 Å². The van der Waals surface area contributed by atoms with Gasteiger partial charge in [0.15, 0.2) is 0 Å². The Balaban J connectivity index is 2.03. The Labute approximate surface area is 152 Å². The second-order valence-electron chi connectivity index (χ2n) is 5.29. The number of benzene rings is 2. The number of methoxy groups -OCH3 is 2. The van der Waals surface area contributed by atoms with Crippen LogP contribution in [0.25, 0.3) is 0 Å². The lowest BCUT2D eigenvalue weighted by atomic mass is 10.1. The molecule has 0 aliphatic carbocycles. The van der Waals surface area contributed by atoms with E-state index in [1.807, 2.05) is 6.07 Å². The Hall–Kier alpha value is -3.22. The molecule has 0 unspecified atom stereocenters. The van der Waals surface area contributed by atoms with Gasteiger partial charge in [0.05, 0.1) is 20.8 Å². The lowest BCUT2D eigenvalue weighted by molar-refractivity contribution is 0.0950. The van der Waals surface area contributed by atoms with Crippen molar-refractivity contribution in [2.75, 3.05) is 26.1 Å². The van der Waals surface area contributed by atoms with Crippen LogP contribution in [0.2, 0.25) is 0 Å². The fourth-order valence-electron chi connectivity index (χ4n) is 2.30. The van der Waals surface area contributed by atoms with Crippen LogP contribution in [0.1, 0.15) is 22.8 Å². The zero-order valence-electron chi connectivity index (χ0n) is 15.0. The number of nitrogens with one attached hydrogen (secondary N) is 2. The molecule has 0 aliphatic rings. The lowest BCUT2D eigenvalue weighted by Crippen LogP contribution is -2.23. The van der Waals surface area contributed by atoms with Crippen molar-refractivity contribution in [3.63, 3.8) is 0 Å². The first-order valence-electron chi connectivity index (χ1n) is 8.10. The summed E-state index contributed by atoms with van der Waals surface area (Å²) in [6.07, 6.45) is -0.562. The molecule has 0 bridgehead atoms. The average molecular weight is 358 g/mol. The number of ether oxygens (including phenoxy) is 3. The van der Waals surface area contributed by atoms with Gasteiger partial charge in [-0.25, -0.2) is 4.79 Å². The third-order valence-electron chi connectivity index (χ3n) is 3.58. The molecule has 2 N–H and O–H groups in total. The zero-order valence-corrected chi connectivity index (χ0v) is 15.0. The van der Waals surface area contributed by atoms with Crippen LogP contribution in [0.5, 0.6) is 11.5 Å². The highest BCUT2D eigenvalue weighted by Gasteiger charge is 2.10. The number of carbonyl (C=O) groups is 2. The van der Waals surface area contributed by atoms with Crippen LogP contribution in [-0.2, 0) is 11.3 Å². The van der Waals surface area contributed by atoms with Crippen molar-refractivity contribution in [1.29, 1.82) is 0 Å². The molecule has 0 atom stereocenters. The summed E-state index contributed by atoms with van der Waals surface area (Å²) in [4.78, 5) is 23.9. The van der Waals surface area contributed by atoms with Gasteiger partial charge in [0.1, 0.15) is 11.5 Å². The molecule has 7 heteroatoms. The standard InChI is InChI=1S/C19H22N2O5/c1-4-26-19(23)21-15-7-5-6-13(10-15)18(22)20-12-14-8-9-16(24-2)11-17(14)25-3/h5-11H,4,12H2,1-3H3,(H,20,22)(H,21,23). The van der Waals surface area contributed by atoms with E-state index in [1.165, 1.54) is 0 Å². The van der Waals surface area contributed by atoms with Gasteiger partial charge in [0.25, 0.3) is 5.91 Å². The molecule has 2 amide bonds. The molecule has 2 rings (SSSR count). The van der Waals surface area contributed by atoms with Gasteiger partial charge in [-0.2, -0.15) is 0 Å². The van der Waals surface area contributed by atoms with Crippen molar-refractivity contribution in [3.8, 4) is 11.5 Å². The second-order valence-corrected chi connectivity index (χ2v) is 5.29. The van der Waals surface area contributed by atoms with Gasteiger partial charge in [-0.15, -0.1) is 0 Å². The van der Waals surface area contributed by atoms with Gasteiger partial charge in [0.2, 0.25) is 0 Å². The normalized spacial score (nSPS) is 9.96. The van der Waals surface area contributed by atoms with E-state index in [0.717, 1.165) is 5.56 Å². The molecule has 0 aliphatic heterocycles. The van der Waals surface area contributed by atoms with E-state index in [4.69, 9.17) is 14.2 Å². The minimum absolute atomic E-state index is 0.268. The van der Waals surface area contributed by atoms with E-state index in [1.54, 1.807) is 57.5 Å². The smallest absolute Gasteiger partial charge is 0.411 e. The van der Waals surface area contributed by atoms with Gasteiger partial charge < -0.3 is 19.5 Å². The summed E-state index contributed by atoms with van der Waals surface area (Å²) < 4.78 is 15.3. The number of hydrogen-bond acceptors (Lipinski definition) is 5. The monoisotopic (exact) mass is 358 g/mol. The molecule has 138 valence electrons. The first-order valence-corrected chi connectivity index (χ1v) is 8.10. The summed E-state index contributed by atoms with van der Waals surface area (Å²) in [5.74, 6) is 1.03. The largest absolute Gasteiger partial charge is 0.497 e. The molecule has 26 heavy (non-hydrogen) atoms. The van der Waals surface area contributed by atoms with Crippen LogP contribution in [0.15, 0.2) is 42.5 Å². The van der Waals surface area contributed by atoms with Crippen molar-refractivity contribution in [2.45, 2.75) is 13.5 Å². The number of rotatable bonds is 7. The summed E-state index contributed by atoms with van der Waals surface area (Å²) in [7, 11) is 3.14. The van der Waals surface area contributed by atoms with Crippen LogP contribution in [0.3, 0.4) is 0 Å². The summed E-state index contributed by atoms with van der Waals surface area (Å²) in [5.41, 5.74) is 1.73. The van der Waals surface area contributed by atoms with E-state index in [-0.39, 0.29) is 12.5 Å². The Morgan fingerprint density at radius 1 is 1.04 bits per heavy atom. The van der Waals surface area contributed by atoms with Crippen LogP contribution in [0.4, 0.5) is 10.5 Å². The molecule has 0 saturated heterocycles. The van der Waals surface area contributed by atoms with E-state index in [2.05, 4.69) is 10.6 Å². The molecule has 0 saturated carbocycles.